The first-order valence-corrected chi connectivity index (χ1v) is 8.04. The summed E-state index contributed by atoms with van der Waals surface area (Å²) in [5.74, 6) is 1.36. The van der Waals surface area contributed by atoms with Gasteiger partial charge in [0.1, 0.15) is 13.2 Å². The van der Waals surface area contributed by atoms with E-state index in [2.05, 4.69) is 5.32 Å². The van der Waals surface area contributed by atoms with Crippen LogP contribution in [0.4, 0.5) is 0 Å². The Morgan fingerprint density at radius 2 is 1.90 bits per heavy atom. The average Bonchev–Trinajstić information content (AvgIpc) is 2.54. The number of ether oxygens (including phenoxy) is 2. The number of nitrogens with one attached hydrogen (secondary N) is 1. The number of aliphatic hydroxyl groups is 1. The van der Waals surface area contributed by atoms with Crippen LogP contribution in [0.3, 0.4) is 0 Å². The van der Waals surface area contributed by atoms with Crippen LogP contribution < -0.4 is 14.8 Å². The van der Waals surface area contributed by atoms with Crippen molar-refractivity contribution in [2.75, 3.05) is 19.8 Å². The number of fused-ring (bicyclic) bond motifs is 1. The Labute approximate surface area is 130 Å². The van der Waals surface area contributed by atoms with Gasteiger partial charge in [0.25, 0.3) is 0 Å². The van der Waals surface area contributed by atoms with E-state index < -0.39 is 0 Å². The molecule has 0 amide bonds. The molecule has 1 fully saturated rings. The number of benzene rings is 1. The maximum atomic E-state index is 9.73. The largest absolute Gasteiger partial charge is 0.486 e. The fourth-order valence-electron chi connectivity index (χ4n) is 3.18. The van der Waals surface area contributed by atoms with Gasteiger partial charge in [0.2, 0.25) is 0 Å². The number of aliphatic hydroxyl groups excluding tert-OH is 1. The molecular weight excluding hydrogens is 290 g/mol. The highest BCUT2D eigenvalue weighted by molar-refractivity contribution is 6.32. The minimum absolute atomic E-state index is 0.141. The summed E-state index contributed by atoms with van der Waals surface area (Å²) in [7, 11) is 0. The highest BCUT2D eigenvalue weighted by Gasteiger charge is 2.30. The van der Waals surface area contributed by atoms with E-state index in [0.717, 1.165) is 18.4 Å². The summed E-state index contributed by atoms with van der Waals surface area (Å²) in [5.41, 5.74) is 0.917. The van der Waals surface area contributed by atoms with E-state index in [1.807, 2.05) is 12.1 Å². The normalized spacial score (nSPS) is 20.3. The molecule has 1 aliphatic heterocycles. The lowest BCUT2D eigenvalue weighted by molar-refractivity contribution is 0.119. The molecule has 2 N–H and O–H groups in total. The Kier molecular flexibility index (Phi) is 4.57. The zero-order valence-electron chi connectivity index (χ0n) is 12.2. The van der Waals surface area contributed by atoms with Gasteiger partial charge >= 0.3 is 0 Å². The first-order valence-electron chi connectivity index (χ1n) is 7.66. The van der Waals surface area contributed by atoms with Crippen LogP contribution in [-0.2, 0) is 6.54 Å². The van der Waals surface area contributed by atoms with Crippen LogP contribution in [0.15, 0.2) is 12.1 Å². The Balaban J connectivity index is 1.71. The average molecular weight is 312 g/mol. The molecule has 1 saturated carbocycles. The predicted octanol–water partition coefficient (Wildman–Crippen LogP) is 2.90. The molecule has 0 aromatic heterocycles. The van der Waals surface area contributed by atoms with Crippen LogP contribution in [0.2, 0.25) is 5.02 Å². The highest BCUT2D eigenvalue weighted by atomic mass is 35.5. The Morgan fingerprint density at radius 3 is 2.67 bits per heavy atom. The molecule has 0 radical (unpaired) electrons. The van der Waals surface area contributed by atoms with Gasteiger partial charge < -0.3 is 19.9 Å². The molecule has 0 spiro atoms. The summed E-state index contributed by atoms with van der Waals surface area (Å²) in [6.07, 6.45) is 5.67. The van der Waals surface area contributed by atoms with E-state index in [1.54, 1.807) is 0 Å². The van der Waals surface area contributed by atoms with Crippen molar-refractivity contribution >= 4 is 11.6 Å². The minimum atomic E-state index is -0.141. The van der Waals surface area contributed by atoms with Gasteiger partial charge in [0.05, 0.1) is 11.6 Å². The molecule has 0 saturated heterocycles. The maximum Gasteiger partial charge on any atom is 0.179 e. The van der Waals surface area contributed by atoms with Crippen molar-refractivity contribution in [2.45, 2.75) is 44.2 Å². The molecule has 1 aliphatic carbocycles. The molecule has 3 rings (SSSR count). The third-order valence-electron chi connectivity index (χ3n) is 4.44. The Hall–Kier alpha value is -0.970. The first-order chi connectivity index (χ1) is 10.2. The molecular formula is C16H22ClNO3. The zero-order valence-corrected chi connectivity index (χ0v) is 12.9. The lowest BCUT2D eigenvalue weighted by Crippen LogP contribution is -2.49. The van der Waals surface area contributed by atoms with E-state index in [4.69, 9.17) is 21.1 Å². The number of rotatable bonds is 4. The van der Waals surface area contributed by atoms with E-state index in [9.17, 15) is 5.11 Å². The summed E-state index contributed by atoms with van der Waals surface area (Å²) in [6.45, 7) is 1.96. The van der Waals surface area contributed by atoms with Gasteiger partial charge in [-0.15, -0.1) is 0 Å². The van der Waals surface area contributed by atoms with Crippen molar-refractivity contribution in [3.05, 3.63) is 22.7 Å². The molecule has 1 aromatic rings. The van der Waals surface area contributed by atoms with Crippen LogP contribution in [-0.4, -0.2) is 30.5 Å². The topological polar surface area (TPSA) is 50.7 Å². The number of hydrogen-bond donors (Lipinski definition) is 2. The second-order valence-corrected chi connectivity index (χ2v) is 6.36. The molecule has 1 heterocycles. The summed E-state index contributed by atoms with van der Waals surface area (Å²) in [4.78, 5) is 0. The molecule has 5 heteroatoms. The molecule has 2 aliphatic rings. The lowest BCUT2D eigenvalue weighted by atomic mass is 9.82. The van der Waals surface area contributed by atoms with E-state index >= 15 is 0 Å². The highest BCUT2D eigenvalue weighted by Crippen LogP contribution is 2.38. The quantitative estimate of drug-likeness (QED) is 0.898. The second kappa shape index (κ2) is 6.42. The van der Waals surface area contributed by atoms with E-state index in [1.165, 1.54) is 19.3 Å². The SMILES string of the molecule is OCC1(NCc2cc(Cl)c3c(c2)OCCO3)CCCCC1. The van der Waals surface area contributed by atoms with Gasteiger partial charge in [-0.1, -0.05) is 30.9 Å². The Bertz CT molecular complexity index is 501. The van der Waals surface area contributed by atoms with Gasteiger partial charge in [0.15, 0.2) is 11.5 Å². The van der Waals surface area contributed by atoms with Crippen molar-refractivity contribution in [3.8, 4) is 11.5 Å². The van der Waals surface area contributed by atoms with Gasteiger partial charge in [-0.2, -0.15) is 0 Å². The third kappa shape index (κ3) is 3.28. The van der Waals surface area contributed by atoms with Crippen molar-refractivity contribution in [1.29, 1.82) is 0 Å². The van der Waals surface area contributed by atoms with Gasteiger partial charge in [-0.25, -0.2) is 0 Å². The van der Waals surface area contributed by atoms with E-state index in [-0.39, 0.29) is 12.1 Å². The van der Waals surface area contributed by atoms with Crippen LogP contribution in [0.25, 0.3) is 0 Å². The summed E-state index contributed by atoms with van der Waals surface area (Å²) in [5, 5.41) is 13.9. The molecule has 0 bridgehead atoms. The van der Waals surface area contributed by atoms with Crippen molar-refractivity contribution < 1.29 is 14.6 Å². The standard InChI is InChI=1S/C16H22ClNO3/c17-13-8-12(9-14-15(13)21-7-6-20-14)10-18-16(11-19)4-2-1-3-5-16/h8-9,18-19H,1-7,10-11H2. The van der Waals surface area contributed by atoms with Gasteiger partial charge in [0, 0.05) is 12.1 Å². The smallest absolute Gasteiger partial charge is 0.179 e. The lowest BCUT2D eigenvalue weighted by Gasteiger charge is -2.37. The zero-order chi connectivity index (χ0) is 14.7. The predicted molar refractivity (Wildman–Crippen MR) is 82.2 cm³/mol. The first kappa shape index (κ1) is 14.9. The van der Waals surface area contributed by atoms with Crippen molar-refractivity contribution in [2.24, 2.45) is 0 Å². The summed E-state index contributed by atoms with van der Waals surface area (Å²) >= 11 is 6.26. The van der Waals surface area contributed by atoms with E-state index in [0.29, 0.717) is 36.3 Å². The number of halogens is 1. The molecule has 0 unspecified atom stereocenters. The summed E-state index contributed by atoms with van der Waals surface area (Å²) in [6, 6.07) is 3.89. The summed E-state index contributed by atoms with van der Waals surface area (Å²) < 4.78 is 11.1. The van der Waals surface area contributed by atoms with Crippen molar-refractivity contribution in [3.63, 3.8) is 0 Å². The molecule has 21 heavy (non-hydrogen) atoms. The number of hydrogen-bond acceptors (Lipinski definition) is 4. The van der Waals surface area contributed by atoms with Crippen LogP contribution in [0.1, 0.15) is 37.7 Å². The fourth-order valence-corrected chi connectivity index (χ4v) is 3.46. The molecule has 116 valence electrons. The monoisotopic (exact) mass is 311 g/mol. The van der Waals surface area contributed by atoms with Crippen LogP contribution >= 0.6 is 11.6 Å². The fraction of sp³-hybridized carbons (Fsp3) is 0.625. The second-order valence-electron chi connectivity index (χ2n) is 5.95. The minimum Gasteiger partial charge on any atom is -0.486 e. The Morgan fingerprint density at radius 1 is 1.14 bits per heavy atom. The van der Waals surface area contributed by atoms with Gasteiger partial charge in [-0.3, -0.25) is 0 Å². The van der Waals surface area contributed by atoms with Gasteiger partial charge in [-0.05, 0) is 30.5 Å². The molecule has 1 aromatic carbocycles. The molecule has 0 atom stereocenters. The van der Waals surface area contributed by atoms with Crippen LogP contribution in [0, 0.1) is 0 Å². The third-order valence-corrected chi connectivity index (χ3v) is 4.72. The van der Waals surface area contributed by atoms with Crippen molar-refractivity contribution in [1.82, 2.24) is 5.32 Å². The van der Waals surface area contributed by atoms with Crippen LogP contribution in [0.5, 0.6) is 11.5 Å². The maximum absolute atomic E-state index is 9.73. The molecule has 4 nitrogen and oxygen atoms in total.